The van der Waals surface area contributed by atoms with Crippen LogP contribution in [-0.2, 0) is 28.6 Å². The Morgan fingerprint density at radius 1 is 0.789 bits per heavy atom. The number of methoxy groups -OCH3 is 3. The van der Waals surface area contributed by atoms with Gasteiger partial charge in [-0.15, -0.1) is 0 Å². The molecule has 1 unspecified atom stereocenters. The summed E-state index contributed by atoms with van der Waals surface area (Å²) >= 11 is 0. The monoisotopic (exact) mass is 274 g/mol. The molecule has 0 rings (SSSR count). The van der Waals surface area contributed by atoms with E-state index in [1.54, 1.807) is 0 Å². The molecule has 6 heteroatoms. The first-order chi connectivity index (χ1) is 9.04. The maximum Gasteiger partial charge on any atom is 0.308 e. The van der Waals surface area contributed by atoms with Crippen molar-refractivity contribution >= 4 is 17.9 Å². The molecule has 19 heavy (non-hydrogen) atoms. The first-order valence-corrected chi connectivity index (χ1v) is 6.26. The van der Waals surface area contributed by atoms with Gasteiger partial charge < -0.3 is 14.2 Å². The number of hydrogen-bond acceptors (Lipinski definition) is 6. The zero-order chi connectivity index (χ0) is 14.7. The maximum atomic E-state index is 11.5. The third kappa shape index (κ3) is 8.18. The topological polar surface area (TPSA) is 78.9 Å². The van der Waals surface area contributed by atoms with Crippen molar-refractivity contribution in [2.24, 2.45) is 5.92 Å². The first kappa shape index (κ1) is 17.4. The lowest BCUT2D eigenvalue weighted by atomic mass is 9.96. The zero-order valence-electron chi connectivity index (χ0n) is 11.8. The highest BCUT2D eigenvalue weighted by Crippen LogP contribution is 2.17. The van der Waals surface area contributed by atoms with Crippen LogP contribution in [0.1, 0.15) is 38.5 Å². The SMILES string of the molecule is COC(=O)CCCCC(CCC(=O)OC)C(=O)OC. The average Bonchev–Trinajstić information content (AvgIpc) is 2.44. The van der Waals surface area contributed by atoms with Gasteiger partial charge in [0, 0.05) is 12.8 Å². The van der Waals surface area contributed by atoms with Crippen LogP contribution in [0.25, 0.3) is 0 Å². The molecule has 6 nitrogen and oxygen atoms in total. The Balaban J connectivity index is 4.03. The summed E-state index contributed by atoms with van der Waals surface area (Å²) in [6, 6.07) is 0. The van der Waals surface area contributed by atoms with E-state index in [1.807, 2.05) is 0 Å². The van der Waals surface area contributed by atoms with Crippen LogP contribution in [0.4, 0.5) is 0 Å². The molecule has 0 aromatic carbocycles. The van der Waals surface area contributed by atoms with Crippen molar-refractivity contribution in [2.75, 3.05) is 21.3 Å². The van der Waals surface area contributed by atoms with Gasteiger partial charge in [-0.1, -0.05) is 6.42 Å². The highest BCUT2D eigenvalue weighted by Gasteiger charge is 2.20. The number of ether oxygens (including phenoxy) is 3. The third-order valence-electron chi connectivity index (χ3n) is 2.87. The van der Waals surface area contributed by atoms with Gasteiger partial charge in [-0.25, -0.2) is 0 Å². The van der Waals surface area contributed by atoms with E-state index in [9.17, 15) is 14.4 Å². The summed E-state index contributed by atoms with van der Waals surface area (Å²) in [5, 5.41) is 0. The third-order valence-corrected chi connectivity index (χ3v) is 2.87. The Hall–Kier alpha value is -1.59. The lowest BCUT2D eigenvalue weighted by Crippen LogP contribution is -2.18. The summed E-state index contributed by atoms with van der Waals surface area (Å²) in [6.07, 6.45) is 2.86. The van der Waals surface area contributed by atoms with Gasteiger partial charge >= 0.3 is 17.9 Å². The molecule has 0 fully saturated rings. The first-order valence-electron chi connectivity index (χ1n) is 6.26. The molecule has 0 aliphatic heterocycles. The number of carbonyl (C=O) groups is 3. The Morgan fingerprint density at radius 3 is 1.89 bits per heavy atom. The molecule has 0 amide bonds. The molecule has 0 N–H and O–H groups in total. The molecular weight excluding hydrogens is 252 g/mol. The van der Waals surface area contributed by atoms with Crippen LogP contribution in [0.15, 0.2) is 0 Å². The minimum Gasteiger partial charge on any atom is -0.469 e. The van der Waals surface area contributed by atoms with Gasteiger partial charge in [0.15, 0.2) is 0 Å². The smallest absolute Gasteiger partial charge is 0.308 e. The summed E-state index contributed by atoms with van der Waals surface area (Å²) in [5.74, 6) is -1.27. The van der Waals surface area contributed by atoms with Crippen LogP contribution in [0, 0.1) is 5.92 Å². The van der Waals surface area contributed by atoms with Crippen molar-refractivity contribution < 1.29 is 28.6 Å². The van der Waals surface area contributed by atoms with Crippen LogP contribution in [0.3, 0.4) is 0 Å². The Morgan fingerprint density at radius 2 is 1.37 bits per heavy atom. The normalized spacial score (nSPS) is 11.5. The Kier molecular flexibility index (Phi) is 9.48. The Labute approximate surface area is 113 Å². The fourth-order valence-electron chi connectivity index (χ4n) is 1.70. The molecule has 0 saturated carbocycles. The predicted molar refractivity (Wildman–Crippen MR) is 67.2 cm³/mol. The molecule has 0 aromatic heterocycles. The van der Waals surface area contributed by atoms with E-state index in [-0.39, 0.29) is 30.2 Å². The highest BCUT2D eigenvalue weighted by molar-refractivity contribution is 5.74. The second-order valence-electron chi connectivity index (χ2n) is 4.16. The van der Waals surface area contributed by atoms with Crippen molar-refractivity contribution in [2.45, 2.75) is 38.5 Å². The lowest BCUT2D eigenvalue weighted by Gasteiger charge is -2.13. The molecule has 0 aliphatic rings. The van der Waals surface area contributed by atoms with E-state index < -0.39 is 0 Å². The maximum absolute atomic E-state index is 11.5. The van der Waals surface area contributed by atoms with E-state index >= 15 is 0 Å². The van der Waals surface area contributed by atoms with Gasteiger partial charge in [-0.05, 0) is 19.3 Å². The van der Waals surface area contributed by atoms with Gasteiger partial charge in [0.2, 0.25) is 0 Å². The van der Waals surface area contributed by atoms with Crippen LogP contribution in [0.2, 0.25) is 0 Å². The molecule has 0 bridgehead atoms. The number of rotatable bonds is 9. The largest absolute Gasteiger partial charge is 0.469 e. The standard InChI is InChI=1S/C13H22O6/c1-17-11(14)7-5-4-6-10(13(16)19-3)8-9-12(15)18-2/h10H,4-9H2,1-3H3. The summed E-state index contributed by atoms with van der Waals surface area (Å²) < 4.78 is 13.8. The second-order valence-corrected chi connectivity index (χ2v) is 4.16. The van der Waals surface area contributed by atoms with Crippen molar-refractivity contribution in [1.29, 1.82) is 0 Å². The lowest BCUT2D eigenvalue weighted by molar-refractivity contribution is -0.147. The van der Waals surface area contributed by atoms with Crippen LogP contribution < -0.4 is 0 Å². The van der Waals surface area contributed by atoms with Crippen molar-refractivity contribution in [3.05, 3.63) is 0 Å². The molecule has 0 saturated heterocycles. The van der Waals surface area contributed by atoms with Crippen LogP contribution >= 0.6 is 0 Å². The van der Waals surface area contributed by atoms with Crippen molar-refractivity contribution in [1.82, 2.24) is 0 Å². The molecular formula is C13H22O6. The number of hydrogen-bond donors (Lipinski definition) is 0. The van der Waals surface area contributed by atoms with E-state index in [2.05, 4.69) is 9.47 Å². The molecule has 0 aromatic rings. The minimum absolute atomic E-state index is 0.188. The Bertz CT molecular complexity index is 300. The molecule has 0 aliphatic carbocycles. The zero-order valence-corrected chi connectivity index (χ0v) is 11.8. The number of carbonyl (C=O) groups excluding carboxylic acids is 3. The van der Waals surface area contributed by atoms with Gasteiger partial charge in [0.05, 0.1) is 27.2 Å². The number of unbranched alkanes of at least 4 members (excludes halogenated alkanes) is 1. The minimum atomic E-state index is -0.344. The fourth-order valence-corrected chi connectivity index (χ4v) is 1.70. The quantitative estimate of drug-likeness (QED) is 0.360. The average molecular weight is 274 g/mol. The summed E-state index contributed by atoms with van der Waals surface area (Å²) in [6.45, 7) is 0. The predicted octanol–water partition coefficient (Wildman–Crippen LogP) is 1.46. The molecule has 110 valence electrons. The second kappa shape index (κ2) is 10.3. The summed E-state index contributed by atoms with van der Waals surface area (Å²) in [5.41, 5.74) is 0. The molecule has 1 atom stereocenters. The molecule has 0 heterocycles. The van der Waals surface area contributed by atoms with E-state index in [0.717, 1.165) is 0 Å². The van der Waals surface area contributed by atoms with Crippen molar-refractivity contribution in [3.8, 4) is 0 Å². The van der Waals surface area contributed by atoms with Crippen molar-refractivity contribution in [3.63, 3.8) is 0 Å². The van der Waals surface area contributed by atoms with E-state index in [0.29, 0.717) is 32.1 Å². The summed E-state index contributed by atoms with van der Waals surface area (Å²) in [4.78, 5) is 33.5. The van der Waals surface area contributed by atoms with Gasteiger partial charge in [0.1, 0.15) is 0 Å². The van der Waals surface area contributed by atoms with Crippen LogP contribution in [0.5, 0.6) is 0 Å². The molecule has 0 spiro atoms. The van der Waals surface area contributed by atoms with E-state index in [1.165, 1.54) is 21.3 Å². The van der Waals surface area contributed by atoms with Gasteiger partial charge in [0.25, 0.3) is 0 Å². The summed E-state index contributed by atoms with van der Waals surface area (Å²) in [7, 11) is 3.98. The van der Waals surface area contributed by atoms with E-state index in [4.69, 9.17) is 4.74 Å². The fraction of sp³-hybridized carbons (Fsp3) is 0.769. The highest BCUT2D eigenvalue weighted by atomic mass is 16.5. The number of esters is 3. The van der Waals surface area contributed by atoms with Gasteiger partial charge in [-0.2, -0.15) is 0 Å². The van der Waals surface area contributed by atoms with Gasteiger partial charge in [-0.3, -0.25) is 14.4 Å². The van der Waals surface area contributed by atoms with Crippen LogP contribution in [-0.4, -0.2) is 39.2 Å². The molecule has 0 radical (unpaired) electrons.